The molecule has 0 bridgehead atoms. The highest BCUT2D eigenvalue weighted by Gasteiger charge is 2.46. The molecule has 0 saturated carbocycles. The number of pyridine rings is 1. The summed E-state index contributed by atoms with van der Waals surface area (Å²) in [6.07, 6.45) is 0.779. The number of aryl methyl sites for hydroxylation is 1. The van der Waals surface area contributed by atoms with Crippen LogP contribution in [0, 0.1) is 0 Å². The second-order valence-corrected chi connectivity index (χ2v) is 7.84. The van der Waals surface area contributed by atoms with Crippen LogP contribution >= 0.6 is 11.6 Å². The van der Waals surface area contributed by atoms with Gasteiger partial charge in [0.2, 0.25) is 11.5 Å². The lowest BCUT2D eigenvalue weighted by Gasteiger charge is -2.20. The number of imide groups is 1. The van der Waals surface area contributed by atoms with E-state index in [1.54, 1.807) is 67.6 Å². The van der Waals surface area contributed by atoms with Crippen LogP contribution in [0.2, 0.25) is 5.02 Å². The molecular weight excluding hydrogens is 432 g/mol. The summed E-state index contributed by atoms with van der Waals surface area (Å²) < 4.78 is 17.1. The van der Waals surface area contributed by atoms with E-state index >= 15 is 0 Å². The number of amides is 2. The molecule has 0 spiro atoms. The predicted molar refractivity (Wildman–Crippen MR) is 118 cm³/mol. The molecule has 1 atom stereocenters. The highest BCUT2D eigenvalue weighted by Crippen LogP contribution is 2.34. The molecule has 164 valence electrons. The molecule has 2 aromatic carbocycles. The summed E-state index contributed by atoms with van der Waals surface area (Å²) in [5.74, 6) is 1.62. The maximum Gasteiger partial charge on any atom is 0.415 e. The van der Waals surface area contributed by atoms with Crippen molar-refractivity contribution >= 4 is 23.6 Å². The number of carbonyl (C=O) groups excluding carboxylic acids is 2. The van der Waals surface area contributed by atoms with Gasteiger partial charge in [0.15, 0.2) is 0 Å². The number of nitrogens with zero attached hydrogens (tertiary/aromatic N) is 1. The molecule has 1 fully saturated rings. The van der Waals surface area contributed by atoms with Crippen LogP contribution in [0.5, 0.6) is 23.1 Å². The minimum Gasteiger partial charge on any atom is -0.455 e. The molecule has 1 N–H and O–H groups in total. The molecule has 32 heavy (non-hydrogen) atoms. The highest BCUT2D eigenvalue weighted by molar-refractivity contribution is 6.30. The van der Waals surface area contributed by atoms with Crippen molar-refractivity contribution in [3.05, 3.63) is 76.9 Å². The van der Waals surface area contributed by atoms with E-state index in [4.69, 9.17) is 25.8 Å². The van der Waals surface area contributed by atoms with Gasteiger partial charge in [-0.25, -0.2) is 9.78 Å². The fourth-order valence-electron chi connectivity index (χ4n) is 3.30. The molecule has 3 aromatic rings. The van der Waals surface area contributed by atoms with Crippen molar-refractivity contribution in [1.82, 2.24) is 10.3 Å². The number of rotatable bonds is 7. The standard InChI is InChI=1S/C24H21ClN2O5/c1-3-5-19-20(12-13-21(26-19)31-17-10-8-16(25)9-11-17)30-18-7-4-6-15(14-18)24(2)22(28)27-23(29)32-24/h4,6-14H,3,5H2,1-2H3,(H,27,28,29)/t24-/m1/s1. The van der Waals surface area contributed by atoms with Gasteiger partial charge in [-0.05, 0) is 55.8 Å². The van der Waals surface area contributed by atoms with Crippen LogP contribution in [-0.2, 0) is 21.6 Å². The van der Waals surface area contributed by atoms with Crippen molar-refractivity contribution in [1.29, 1.82) is 0 Å². The number of aromatic nitrogens is 1. The van der Waals surface area contributed by atoms with E-state index < -0.39 is 17.6 Å². The Kier molecular flexibility index (Phi) is 6.01. The first-order valence-corrected chi connectivity index (χ1v) is 10.5. The first-order valence-electron chi connectivity index (χ1n) is 10.1. The zero-order chi connectivity index (χ0) is 22.7. The topological polar surface area (TPSA) is 86.8 Å². The summed E-state index contributed by atoms with van der Waals surface area (Å²) in [6, 6.07) is 17.4. The minimum absolute atomic E-state index is 0.443. The van der Waals surface area contributed by atoms with Gasteiger partial charge < -0.3 is 14.2 Å². The molecule has 1 aliphatic heterocycles. The lowest BCUT2D eigenvalue weighted by molar-refractivity contribution is -0.130. The van der Waals surface area contributed by atoms with E-state index in [-0.39, 0.29) is 0 Å². The maximum atomic E-state index is 12.2. The third-order valence-electron chi connectivity index (χ3n) is 4.99. The van der Waals surface area contributed by atoms with Crippen LogP contribution in [0.25, 0.3) is 0 Å². The zero-order valence-corrected chi connectivity index (χ0v) is 18.3. The van der Waals surface area contributed by atoms with Crippen molar-refractivity contribution in [3.8, 4) is 23.1 Å². The van der Waals surface area contributed by atoms with Crippen molar-refractivity contribution < 1.29 is 23.8 Å². The average Bonchev–Trinajstić information content (AvgIpc) is 3.04. The summed E-state index contributed by atoms with van der Waals surface area (Å²) in [5, 5.41) is 2.78. The molecule has 0 aliphatic carbocycles. The van der Waals surface area contributed by atoms with Crippen LogP contribution in [0.15, 0.2) is 60.7 Å². The number of alkyl carbamates (subject to hydrolysis) is 1. The summed E-state index contributed by atoms with van der Waals surface area (Å²) in [7, 11) is 0. The Bertz CT molecular complexity index is 1170. The van der Waals surface area contributed by atoms with E-state index in [2.05, 4.69) is 10.3 Å². The smallest absolute Gasteiger partial charge is 0.415 e. The van der Waals surface area contributed by atoms with Gasteiger partial charge in [-0.3, -0.25) is 10.1 Å². The van der Waals surface area contributed by atoms with Gasteiger partial charge in [0.25, 0.3) is 5.91 Å². The number of carbonyl (C=O) groups is 2. The molecule has 1 aromatic heterocycles. The SMILES string of the molecule is CCCc1nc(Oc2ccc(Cl)cc2)ccc1Oc1cccc([C@@]2(C)OC(=O)NC2=O)c1. The summed E-state index contributed by atoms with van der Waals surface area (Å²) in [6.45, 7) is 3.59. The number of ether oxygens (including phenoxy) is 3. The third kappa shape index (κ3) is 4.53. The Balaban J connectivity index is 1.58. The highest BCUT2D eigenvalue weighted by atomic mass is 35.5. The van der Waals surface area contributed by atoms with Crippen LogP contribution in [-0.4, -0.2) is 17.0 Å². The number of cyclic esters (lactones) is 1. The average molecular weight is 453 g/mol. The van der Waals surface area contributed by atoms with Crippen molar-refractivity contribution in [2.24, 2.45) is 0 Å². The van der Waals surface area contributed by atoms with E-state index in [1.807, 2.05) is 6.92 Å². The Morgan fingerprint density at radius 1 is 1.03 bits per heavy atom. The first-order chi connectivity index (χ1) is 15.4. The van der Waals surface area contributed by atoms with Gasteiger partial charge in [-0.15, -0.1) is 0 Å². The third-order valence-corrected chi connectivity index (χ3v) is 5.24. The molecule has 1 saturated heterocycles. The van der Waals surface area contributed by atoms with Crippen molar-refractivity contribution in [2.45, 2.75) is 32.3 Å². The van der Waals surface area contributed by atoms with E-state index in [0.717, 1.165) is 12.1 Å². The minimum atomic E-state index is -1.41. The molecule has 1 aliphatic rings. The Hall–Kier alpha value is -3.58. The molecule has 2 heterocycles. The van der Waals surface area contributed by atoms with Gasteiger partial charge in [-0.2, -0.15) is 0 Å². The fourth-order valence-corrected chi connectivity index (χ4v) is 3.43. The molecule has 0 radical (unpaired) electrons. The largest absolute Gasteiger partial charge is 0.455 e. The number of hydrogen-bond donors (Lipinski definition) is 1. The Morgan fingerprint density at radius 2 is 1.81 bits per heavy atom. The lowest BCUT2D eigenvalue weighted by atomic mass is 9.95. The van der Waals surface area contributed by atoms with E-state index in [1.165, 1.54) is 0 Å². The lowest BCUT2D eigenvalue weighted by Crippen LogP contribution is -2.33. The van der Waals surface area contributed by atoms with Crippen LogP contribution in [0.3, 0.4) is 0 Å². The second-order valence-electron chi connectivity index (χ2n) is 7.41. The number of hydrogen-bond acceptors (Lipinski definition) is 6. The first kappa shape index (κ1) is 21.6. The quantitative estimate of drug-likeness (QED) is 0.491. The van der Waals surface area contributed by atoms with E-state index in [0.29, 0.717) is 40.1 Å². The molecule has 4 rings (SSSR count). The van der Waals surface area contributed by atoms with Crippen molar-refractivity contribution in [3.63, 3.8) is 0 Å². The molecule has 0 unspecified atom stereocenters. The molecule has 7 nitrogen and oxygen atoms in total. The second kappa shape index (κ2) is 8.88. The van der Waals surface area contributed by atoms with Crippen LogP contribution in [0.4, 0.5) is 4.79 Å². The summed E-state index contributed by atoms with van der Waals surface area (Å²) in [4.78, 5) is 28.3. The van der Waals surface area contributed by atoms with Crippen LogP contribution < -0.4 is 14.8 Å². The monoisotopic (exact) mass is 452 g/mol. The van der Waals surface area contributed by atoms with Crippen molar-refractivity contribution in [2.75, 3.05) is 0 Å². The Labute approximate surface area is 190 Å². The summed E-state index contributed by atoms with van der Waals surface area (Å²) >= 11 is 5.92. The van der Waals surface area contributed by atoms with Gasteiger partial charge >= 0.3 is 6.09 Å². The normalized spacial score (nSPS) is 17.6. The predicted octanol–water partition coefficient (Wildman–Crippen LogP) is 5.75. The number of halogens is 1. The summed E-state index contributed by atoms with van der Waals surface area (Å²) in [5.41, 5.74) is -0.163. The molecule has 8 heteroatoms. The molecular formula is C24H21ClN2O5. The van der Waals surface area contributed by atoms with Crippen LogP contribution in [0.1, 0.15) is 31.5 Å². The number of benzene rings is 2. The van der Waals surface area contributed by atoms with Gasteiger partial charge in [0.05, 0.1) is 5.69 Å². The molecule has 2 amide bonds. The fraction of sp³-hybridized carbons (Fsp3) is 0.208. The maximum absolute atomic E-state index is 12.2. The van der Waals surface area contributed by atoms with Gasteiger partial charge in [-0.1, -0.05) is 37.1 Å². The Morgan fingerprint density at radius 3 is 2.50 bits per heavy atom. The zero-order valence-electron chi connectivity index (χ0n) is 17.6. The van der Waals surface area contributed by atoms with Gasteiger partial charge in [0, 0.05) is 16.7 Å². The number of nitrogens with one attached hydrogen (secondary N) is 1. The van der Waals surface area contributed by atoms with E-state index in [9.17, 15) is 9.59 Å². The van der Waals surface area contributed by atoms with Gasteiger partial charge in [0.1, 0.15) is 17.2 Å².